The van der Waals surface area contributed by atoms with Gasteiger partial charge in [-0.3, -0.25) is 0 Å². The fourth-order valence-electron chi connectivity index (χ4n) is 3.75. The predicted molar refractivity (Wildman–Crippen MR) is 133 cm³/mol. The van der Waals surface area contributed by atoms with E-state index in [1.165, 1.54) is 17.5 Å². The minimum Gasteiger partial charge on any atom is -0.542 e. The van der Waals surface area contributed by atoms with Crippen LogP contribution >= 0.6 is 0 Å². The summed E-state index contributed by atoms with van der Waals surface area (Å²) in [5, 5.41) is 19.8. The number of unbranched alkanes of at least 4 members (excludes halogenated alkanes) is 2. The van der Waals surface area contributed by atoms with Crippen molar-refractivity contribution in [1.82, 2.24) is 0 Å². The number of carbonyl (C=O) groups is 2. The van der Waals surface area contributed by atoms with Gasteiger partial charge in [0.2, 0.25) is 11.0 Å². The standard InChI is InChI=1S/C23H24N4.2C2HF3O2/c24-20-12-16-26(22-10-4-2-8-18(20)22)14-6-1-7-15-27-17-13-21(25)19-9-3-5-11-23(19)27;2*3-2(4,5)1(6)7/h2-5,8-13,16-17,24-25H,1,6-7,14-15H2;2*(H,6,7). The van der Waals surface area contributed by atoms with Crippen molar-refractivity contribution < 1.29 is 55.3 Å². The van der Waals surface area contributed by atoms with Gasteiger partial charge in [-0.25, -0.2) is 0 Å². The number of hydrogen-bond acceptors (Lipinski definition) is 6. The van der Waals surface area contributed by atoms with Gasteiger partial charge in [0.25, 0.3) is 0 Å². The molecule has 4 N–H and O–H groups in total. The first-order chi connectivity index (χ1) is 19.1. The van der Waals surface area contributed by atoms with E-state index in [1.54, 1.807) is 0 Å². The maximum absolute atomic E-state index is 10.5. The summed E-state index contributed by atoms with van der Waals surface area (Å²) in [6.07, 6.45) is -2.73. The van der Waals surface area contributed by atoms with Crippen molar-refractivity contribution in [3.8, 4) is 0 Å². The van der Waals surface area contributed by atoms with Gasteiger partial charge in [0.1, 0.15) is 25.0 Å². The minimum absolute atomic E-state index is 0.841. The fourth-order valence-corrected chi connectivity index (χ4v) is 3.75. The van der Waals surface area contributed by atoms with E-state index in [9.17, 15) is 26.3 Å². The van der Waals surface area contributed by atoms with Gasteiger partial charge in [0.15, 0.2) is 12.4 Å². The Morgan fingerprint density at radius 3 is 1.24 bits per heavy atom. The predicted octanol–water partition coefficient (Wildman–Crippen LogP) is 2.20. The molecule has 0 unspecified atom stereocenters. The normalized spacial score (nSPS) is 11.3. The summed E-state index contributed by atoms with van der Waals surface area (Å²) in [4.78, 5) is 17.6. The molecule has 2 aromatic carbocycles. The number of benzene rings is 2. The number of nitrogens with zero attached hydrogens (tertiary/aromatic N) is 2. The average Bonchev–Trinajstić information content (AvgIpc) is 2.91. The molecule has 0 bridgehead atoms. The van der Waals surface area contributed by atoms with Crippen LogP contribution < -0.4 is 30.8 Å². The maximum Gasteiger partial charge on any atom is 0.430 e. The number of nitrogens with two attached hydrogens (primary N) is 2. The van der Waals surface area contributed by atoms with E-state index < -0.39 is 24.3 Å². The van der Waals surface area contributed by atoms with Gasteiger partial charge in [-0.1, -0.05) is 24.3 Å². The van der Waals surface area contributed by atoms with E-state index in [4.69, 9.17) is 31.3 Å². The van der Waals surface area contributed by atoms with Gasteiger partial charge >= 0.3 is 12.4 Å². The molecule has 0 saturated carbocycles. The molecule has 0 saturated heterocycles. The molecule has 220 valence electrons. The number of nitrogen functional groups attached to an aromatic ring is 2. The molecular weight excluding hydrogens is 558 g/mol. The number of carboxylic acids is 2. The number of halogens is 6. The molecule has 41 heavy (non-hydrogen) atoms. The fraction of sp³-hybridized carbons (Fsp3) is 0.259. The van der Waals surface area contributed by atoms with Gasteiger partial charge in [-0.2, -0.15) is 35.5 Å². The van der Waals surface area contributed by atoms with Crippen LogP contribution in [0.4, 0.5) is 37.7 Å². The molecule has 4 rings (SSSR count). The second-order valence-corrected chi connectivity index (χ2v) is 8.59. The zero-order valence-corrected chi connectivity index (χ0v) is 21.4. The SMILES string of the molecule is Nc1cc[n+](CCCCC[n+]2ccc(N)c3ccccc32)c2ccccc12.O=C([O-])C(F)(F)F.O=C([O-])C(F)(F)F. The first-order valence-corrected chi connectivity index (χ1v) is 12.0. The number of pyridine rings is 2. The summed E-state index contributed by atoms with van der Waals surface area (Å²) in [5.41, 5.74) is 16.3. The molecule has 0 atom stereocenters. The van der Waals surface area contributed by atoms with Crippen molar-refractivity contribution in [1.29, 1.82) is 0 Å². The third kappa shape index (κ3) is 9.81. The summed E-state index contributed by atoms with van der Waals surface area (Å²) in [6, 6.07) is 20.7. The zero-order chi connectivity index (χ0) is 30.8. The average molecular weight is 585 g/mol. The van der Waals surface area contributed by atoms with Crippen LogP contribution in [0.25, 0.3) is 21.8 Å². The maximum atomic E-state index is 10.5. The third-order valence-electron chi connectivity index (χ3n) is 5.68. The van der Waals surface area contributed by atoms with E-state index >= 15 is 0 Å². The molecule has 8 nitrogen and oxygen atoms in total. The number of carboxylic acid groups (broad SMARTS) is 2. The molecule has 2 aromatic heterocycles. The number of para-hydroxylation sites is 2. The summed E-state index contributed by atoms with van der Waals surface area (Å²) in [6.45, 7) is 2.02. The number of aromatic nitrogens is 2. The van der Waals surface area contributed by atoms with Crippen molar-refractivity contribution in [3.05, 3.63) is 73.1 Å². The van der Waals surface area contributed by atoms with Gasteiger partial charge in [0, 0.05) is 37.1 Å². The zero-order valence-electron chi connectivity index (χ0n) is 21.4. The van der Waals surface area contributed by atoms with E-state index in [0.717, 1.165) is 48.1 Å². The number of aryl methyl sites for hydroxylation is 2. The summed E-state index contributed by atoms with van der Waals surface area (Å²) in [5.74, 6) is -6.01. The Labute approximate surface area is 230 Å². The van der Waals surface area contributed by atoms with Crippen LogP contribution in [0.1, 0.15) is 19.3 Å². The van der Waals surface area contributed by atoms with Crippen molar-refractivity contribution >= 4 is 45.1 Å². The Hall–Kier alpha value is -4.62. The molecule has 2 heterocycles. The summed E-state index contributed by atoms with van der Waals surface area (Å²) < 4.78 is 67.7. The summed E-state index contributed by atoms with van der Waals surface area (Å²) in [7, 11) is 0. The van der Waals surface area contributed by atoms with Crippen LogP contribution in [0.15, 0.2) is 73.1 Å². The Morgan fingerprint density at radius 1 is 0.610 bits per heavy atom. The summed E-state index contributed by atoms with van der Waals surface area (Å²) >= 11 is 0. The monoisotopic (exact) mass is 584 g/mol. The van der Waals surface area contributed by atoms with Crippen LogP contribution in [0.2, 0.25) is 0 Å². The van der Waals surface area contributed by atoms with Crippen molar-refractivity contribution in [2.75, 3.05) is 11.5 Å². The molecule has 0 aliphatic heterocycles. The molecule has 0 aliphatic carbocycles. The first kappa shape index (κ1) is 32.6. The highest BCUT2D eigenvalue weighted by Crippen LogP contribution is 2.18. The Morgan fingerprint density at radius 2 is 0.927 bits per heavy atom. The van der Waals surface area contributed by atoms with Gasteiger partial charge in [-0.05, 0) is 18.6 Å². The number of hydrogen-bond donors (Lipinski definition) is 2. The molecule has 0 spiro atoms. The highest BCUT2D eigenvalue weighted by molar-refractivity contribution is 5.88. The Kier molecular flexibility index (Phi) is 11.2. The van der Waals surface area contributed by atoms with E-state index in [1.807, 2.05) is 24.3 Å². The first-order valence-electron chi connectivity index (χ1n) is 12.0. The highest BCUT2D eigenvalue weighted by atomic mass is 19.4. The quantitative estimate of drug-likeness (QED) is 0.202. The molecule has 0 fully saturated rings. The van der Waals surface area contributed by atoms with Crippen LogP contribution in [0, 0.1) is 0 Å². The molecular formula is C27H26F6N4O4. The second-order valence-electron chi connectivity index (χ2n) is 8.59. The lowest BCUT2D eigenvalue weighted by molar-refractivity contribution is -0.675. The third-order valence-corrected chi connectivity index (χ3v) is 5.68. The van der Waals surface area contributed by atoms with Crippen LogP contribution in [-0.4, -0.2) is 24.3 Å². The van der Waals surface area contributed by atoms with Crippen molar-refractivity contribution in [2.45, 2.75) is 44.7 Å². The lowest BCUT2D eigenvalue weighted by Gasteiger charge is -2.05. The molecule has 0 radical (unpaired) electrons. The largest absolute Gasteiger partial charge is 0.542 e. The van der Waals surface area contributed by atoms with Crippen LogP contribution in [-0.2, 0) is 22.7 Å². The van der Waals surface area contributed by atoms with Crippen molar-refractivity contribution in [3.63, 3.8) is 0 Å². The second kappa shape index (κ2) is 14.1. The number of anilines is 2. The lowest BCUT2D eigenvalue weighted by atomic mass is 10.1. The highest BCUT2D eigenvalue weighted by Gasteiger charge is 2.29. The van der Waals surface area contributed by atoms with Crippen LogP contribution in [0.3, 0.4) is 0 Å². The van der Waals surface area contributed by atoms with E-state index in [0.29, 0.717) is 0 Å². The van der Waals surface area contributed by atoms with E-state index in [-0.39, 0.29) is 0 Å². The number of fused-ring (bicyclic) bond motifs is 2. The van der Waals surface area contributed by atoms with Crippen LogP contribution in [0.5, 0.6) is 0 Å². The molecule has 14 heteroatoms. The van der Waals surface area contributed by atoms with Gasteiger partial charge < -0.3 is 31.3 Å². The lowest BCUT2D eigenvalue weighted by Crippen LogP contribution is -2.37. The van der Waals surface area contributed by atoms with Gasteiger partial charge in [-0.15, -0.1) is 0 Å². The number of carbonyl (C=O) groups excluding carboxylic acids is 2. The number of alkyl halides is 6. The topological polar surface area (TPSA) is 140 Å². The Balaban J connectivity index is 0.000000349. The number of rotatable bonds is 6. The van der Waals surface area contributed by atoms with E-state index in [2.05, 4.69) is 57.9 Å². The molecule has 0 amide bonds. The minimum atomic E-state index is -5.19. The molecule has 4 aromatic rings. The molecule has 0 aliphatic rings. The van der Waals surface area contributed by atoms with Crippen molar-refractivity contribution in [2.24, 2.45) is 0 Å². The van der Waals surface area contributed by atoms with Gasteiger partial charge in [0.05, 0.1) is 22.1 Å². The number of aliphatic carboxylic acids is 2. The smallest absolute Gasteiger partial charge is 0.430 e. The Bertz CT molecular complexity index is 1380.